The molecule has 238 valence electrons. The molecule has 0 N–H and O–H groups in total. The van der Waals surface area contributed by atoms with Crippen molar-refractivity contribution >= 4 is 43.5 Å². The van der Waals surface area contributed by atoms with Gasteiger partial charge in [0, 0.05) is 38.2 Å². The molecule has 0 aliphatic rings. The van der Waals surface area contributed by atoms with E-state index in [1.807, 2.05) is 48.5 Å². The summed E-state index contributed by atoms with van der Waals surface area (Å²) in [4.78, 5) is 15.5. The monoisotopic (exact) mass is 651 g/mol. The molecule has 0 amide bonds. The van der Waals surface area contributed by atoms with Gasteiger partial charge in [-0.15, -0.1) is 0 Å². The highest BCUT2D eigenvalue weighted by Gasteiger charge is 2.21. The Morgan fingerprint density at radius 3 is 1.71 bits per heavy atom. The smallest absolute Gasteiger partial charge is 0.164 e. The van der Waals surface area contributed by atoms with Gasteiger partial charge in [-0.3, -0.25) is 0 Å². The molecule has 0 aliphatic carbocycles. The number of nitrogens with zero attached hydrogens (tertiary/aromatic N) is 3. The summed E-state index contributed by atoms with van der Waals surface area (Å²) in [5.74, 6) is 1.85. The maximum absolute atomic E-state index is 6.55. The fraction of sp³-hybridized carbons (Fsp3) is 0. The summed E-state index contributed by atoms with van der Waals surface area (Å²) in [7, 11) is 0. The number of hydrogen-bond donors (Lipinski definition) is 0. The first kappa shape index (κ1) is 29.0. The van der Waals surface area contributed by atoms with Crippen molar-refractivity contribution in [1.82, 2.24) is 15.0 Å². The number of hydrogen-bond acceptors (Lipinski definition) is 4. The van der Waals surface area contributed by atoms with Crippen molar-refractivity contribution in [3.63, 3.8) is 0 Å². The van der Waals surface area contributed by atoms with Crippen LogP contribution in [0.3, 0.4) is 0 Å². The van der Waals surface area contributed by atoms with Crippen LogP contribution < -0.4 is 0 Å². The fourth-order valence-electron chi connectivity index (χ4n) is 7.21. The van der Waals surface area contributed by atoms with Crippen LogP contribution in [0.15, 0.2) is 180 Å². The van der Waals surface area contributed by atoms with Crippen LogP contribution in [0.25, 0.3) is 99.9 Å². The average molecular weight is 652 g/mol. The predicted octanol–water partition coefficient (Wildman–Crippen LogP) is 12.4. The molecule has 8 aromatic carbocycles. The topological polar surface area (TPSA) is 51.8 Å². The molecule has 0 fully saturated rings. The summed E-state index contributed by atoms with van der Waals surface area (Å²) in [5.41, 5.74) is 8.99. The number of furan rings is 1. The lowest BCUT2D eigenvalue weighted by Gasteiger charge is -2.14. The van der Waals surface area contributed by atoms with E-state index in [0.29, 0.717) is 17.5 Å². The van der Waals surface area contributed by atoms with Gasteiger partial charge in [0.25, 0.3) is 0 Å². The molecule has 0 atom stereocenters. The Morgan fingerprint density at radius 2 is 0.922 bits per heavy atom. The third kappa shape index (κ3) is 5.04. The first-order valence-electron chi connectivity index (χ1n) is 17.1. The summed E-state index contributed by atoms with van der Waals surface area (Å²) in [6.45, 7) is 0. The van der Waals surface area contributed by atoms with Gasteiger partial charge in [0.1, 0.15) is 11.2 Å². The maximum atomic E-state index is 6.55. The molecule has 2 aromatic heterocycles. The van der Waals surface area contributed by atoms with Crippen molar-refractivity contribution in [3.05, 3.63) is 176 Å². The molecule has 51 heavy (non-hydrogen) atoms. The van der Waals surface area contributed by atoms with Crippen molar-refractivity contribution < 1.29 is 4.42 Å². The molecule has 4 nitrogen and oxygen atoms in total. The number of aromatic nitrogens is 3. The highest BCUT2D eigenvalue weighted by molar-refractivity contribution is 6.21. The zero-order valence-electron chi connectivity index (χ0n) is 27.5. The van der Waals surface area contributed by atoms with Crippen LogP contribution in [0.2, 0.25) is 0 Å². The molecule has 0 saturated carbocycles. The van der Waals surface area contributed by atoms with E-state index in [1.54, 1.807) is 0 Å². The van der Waals surface area contributed by atoms with E-state index < -0.39 is 0 Å². The molecule has 0 unspecified atom stereocenters. The summed E-state index contributed by atoms with van der Waals surface area (Å²) in [6.07, 6.45) is 0. The van der Waals surface area contributed by atoms with Crippen LogP contribution in [0.1, 0.15) is 0 Å². The molecule has 0 radical (unpaired) electrons. The minimum absolute atomic E-state index is 0.609. The van der Waals surface area contributed by atoms with Crippen LogP contribution >= 0.6 is 0 Å². The second kappa shape index (κ2) is 11.9. The highest BCUT2D eigenvalue weighted by atomic mass is 16.3. The summed E-state index contributed by atoms with van der Waals surface area (Å²) in [5, 5.41) is 6.59. The zero-order valence-corrected chi connectivity index (χ0v) is 27.5. The first-order chi connectivity index (χ1) is 25.3. The van der Waals surface area contributed by atoms with Gasteiger partial charge in [0.05, 0.1) is 0 Å². The van der Waals surface area contributed by atoms with Crippen LogP contribution in [0.5, 0.6) is 0 Å². The Hall–Kier alpha value is -6.91. The Kier molecular flexibility index (Phi) is 6.78. The number of para-hydroxylation sites is 1. The van der Waals surface area contributed by atoms with Gasteiger partial charge in [0.2, 0.25) is 0 Å². The van der Waals surface area contributed by atoms with Gasteiger partial charge in [-0.2, -0.15) is 0 Å². The van der Waals surface area contributed by atoms with Gasteiger partial charge in [-0.25, -0.2) is 15.0 Å². The normalized spacial score (nSPS) is 11.5. The average Bonchev–Trinajstić information content (AvgIpc) is 3.59. The first-order valence-corrected chi connectivity index (χ1v) is 17.1. The zero-order chi connectivity index (χ0) is 33.7. The number of benzene rings is 8. The van der Waals surface area contributed by atoms with E-state index in [-0.39, 0.29) is 0 Å². The van der Waals surface area contributed by atoms with Crippen molar-refractivity contribution in [1.29, 1.82) is 0 Å². The molecule has 0 saturated heterocycles. The highest BCUT2D eigenvalue weighted by Crippen LogP contribution is 2.43. The molecule has 4 heteroatoms. The second-order valence-corrected chi connectivity index (χ2v) is 12.8. The minimum Gasteiger partial charge on any atom is -0.455 e. The Labute approximate surface area is 294 Å². The van der Waals surface area contributed by atoms with E-state index in [4.69, 9.17) is 19.4 Å². The summed E-state index contributed by atoms with van der Waals surface area (Å²) in [6, 6.07) is 61.0. The second-order valence-electron chi connectivity index (χ2n) is 12.8. The third-order valence-electron chi connectivity index (χ3n) is 9.72. The lowest BCUT2D eigenvalue weighted by molar-refractivity contribution is 0.672. The van der Waals surface area contributed by atoms with Gasteiger partial charge in [-0.1, -0.05) is 158 Å². The Morgan fingerprint density at radius 1 is 0.333 bits per heavy atom. The van der Waals surface area contributed by atoms with Crippen LogP contribution in [0.4, 0.5) is 0 Å². The van der Waals surface area contributed by atoms with Gasteiger partial charge < -0.3 is 4.42 Å². The quantitative estimate of drug-likeness (QED) is 0.186. The lowest BCUT2D eigenvalue weighted by atomic mass is 9.92. The van der Waals surface area contributed by atoms with E-state index in [1.165, 1.54) is 16.3 Å². The molecule has 10 rings (SSSR count). The minimum atomic E-state index is 0.609. The molecular formula is C47H29N3O. The standard InChI is InChI=1S/C47H29N3O/c1-3-13-32(14-4-1)37-19-11-20-39-43(37)41(29-40-38-18-9-10-21-42(38)51-44(39)40)47-49-45(33-15-5-2-6-16-33)48-46(50-47)34-25-22-31(23-26-34)36-27-24-30-12-7-8-17-35(30)28-36/h1-29H. The van der Waals surface area contributed by atoms with Gasteiger partial charge in [0.15, 0.2) is 17.5 Å². The third-order valence-corrected chi connectivity index (χ3v) is 9.72. The van der Waals surface area contributed by atoms with Crippen LogP contribution in [-0.4, -0.2) is 15.0 Å². The van der Waals surface area contributed by atoms with Crippen LogP contribution in [0, 0.1) is 0 Å². The molecule has 10 aromatic rings. The predicted molar refractivity (Wildman–Crippen MR) is 209 cm³/mol. The SMILES string of the molecule is c1ccc(-c2nc(-c3ccc(-c4ccc5ccccc5c4)cc3)nc(-c3cc4c5ccccc5oc4c4cccc(-c5ccccc5)c34)n2)cc1. The van der Waals surface area contributed by atoms with E-state index in [9.17, 15) is 0 Å². The van der Waals surface area contributed by atoms with Crippen molar-refractivity contribution in [3.8, 4) is 56.4 Å². The van der Waals surface area contributed by atoms with E-state index >= 15 is 0 Å². The number of fused-ring (bicyclic) bond motifs is 6. The molecule has 0 spiro atoms. The Balaban J connectivity index is 1.21. The molecule has 2 heterocycles. The molecular weight excluding hydrogens is 623 g/mol. The van der Waals surface area contributed by atoms with Crippen molar-refractivity contribution in [2.75, 3.05) is 0 Å². The van der Waals surface area contributed by atoms with Gasteiger partial charge in [-0.05, 0) is 51.2 Å². The van der Waals surface area contributed by atoms with Crippen LogP contribution in [-0.2, 0) is 0 Å². The largest absolute Gasteiger partial charge is 0.455 e. The molecule has 0 aliphatic heterocycles. The molecule has 0 bridgehead atoms. The van der Waals surface area contributed by atoms with Crippen molar-refractivity contribution in [2.45, 2.75) is 0 Å². The van der Waals surface area contributed by atoms with Crippen molar-refractivity contribution in [2.24, 2.45) is 0 Å². The Bertz CT molecular complexity index is 2900. The fourth-order valence-corrected chi connectivity index (χ4v) is 7.21. The van der Waals surface area contributed by atoms with E-state index in [2.05, 4.69) is 127 Å². The number of rotatable bonds is 5. The summed E-state index contributed by atoms with van der Waals surface area (Å²) < 4.78 is 6.55. The lowest BCUT2D eigenvalue weighted by Crippen LogP contribution is -2.01. The maximum Gasteiger partial charge on any atom is 0.164 e. The van der Waals surface area contributed by atoms with Gasteiger partial charge >= 0.3 is 0 Å². The summed E-state index contributed by atoms with van der Waals surface area (Å²) >= 11 is 0. The van der Waals surface area contributed by atoms with E-state index in [0.717, 1.165) is 66.1 Å².